The average Bonchev–Trinajstić information content (AvgIpc) is 3.44. The van der Waals surface area contributed by atoms with Crippen LogP contribution < -0.4 is 4.72 Å². The molecule has 0 spiro atoms. The number of sulfonamides is 1. The highest BCUT2D eigenvalue weighted by atomic mass is 32.2. The quantitative estimate of drug-likeness (QED) is 0.478. The van der Waals surface area contributed by atoms with Crippen LogP contribution in [-0.2, 0) is 19.6 Å². The van der Waals surface area contributed by atoms with Gasteiger partial charge in [0.05, 0.1) is 4.90 Å². The monoisotopic (exact) mass is 433 g/mol. The van der Waals surface area contributed by atoms with E-state index in [-0.39, 0.29) is 16.4 Å². The van der Waals surface area contributed by atoms with Crippen molar-refractivity contribution in [1.82, 2.24) is 14.6 Å². The number of esters is 1. The second kappa shape index (κ2) is 9.23. The second-order valence-electron chi connectivity index (χ2n) is 6.99. The molecule has 10 heteroatoms. The Labute approximate surface area is 174 Å². The van der Waals surface area contributed by atoms with Gasteiger partial charge in [0.25, 0.3) is 5.91 Å². The molecule has 1 fully saturated rings. The Hall–Kier alpha value is -2.98. The number of benzene rings is 1. The zero-order chi connectivity index (χ0) is 21.7. The van der Waals surface area contributed by atoms with Crippen LogP contribution in [0.2, 0.25) is 0 Å². The molecule has 1 atom stereocenters. The number of hydrogen-bond donors (Lipinski definition) is 2. The van der Waals surface area contributed by atoms with Crippen molar-refractivity contribution in [3.63, 3.8) is 0 Å². The molecule has 30 heavy (non-hydrogen) atoms. The zero-order valence-electron chi connectivity index (χ0n) is 16.5. The Morgan fingerprint density at radius 3 is 2.50 bits per heavy atom. The molecule has 0 radical (unpaired) electrons. The number of aromatic amines is 1. The molecule has 2 N–H and O–H groups in total. The van der Waals surface area contributed by atoms with Crippen LogP contribution in [0, 0.1) is 0 Å². The van der Waals surface area contributed by atoms with Gasteiger partial charge in [0, 0.05) is 24.8 Å². The van der Waals surface area contributed by atoms with E-state index in [0.29, 0.717) is 18.8 Å². The van der Waals surface area contributed by atoms with E-state index in [2.05, 4.69) is 9.71 Å². The molecule has 9 nitrogen and oxygen atoms in total. The van der Waals surface area contributed by atoms with Crippen LogP contribution in [0.4, 0.5) is 0 Å². The Morgan fingerprint density at radius 2 is 1.83 bits per heavy atom. The fraction of sp³-hybridized carbons (Fsp3) is 0.350. The molecule has 1 aliphatic rings. The van der Waals surface area contributed by atoms with Gasteiger partial charge in [0.15, 0.2) is 6.61 Å². The van der Waals surface area contributed by atoms with Crippen molar-refractivity contribution in [2.24, 2.45) is 0 Å². The lowest BCUT2D eigenvalue weighted by molar-refractivity contribution is -0.144. The number of ether oxygens (including phenoxy) is 1. The molecular formula is C20H23N3O6S. The van der Waals surface area contributed by atoms with Crippen LogP contribution in [0.25, 0.3) is 0 Å². The molecule has 0 saturated carbocycles. The number of nitrogens with one attached hydrogen (secondary N) is 2. The van der Waals surface area contributed by atoms with Crippen molar-refractivity contribution < 1.29 is 27.5 Å². The van der Waals surface area contributed by atoms with E-state index in [9.17, 15) is 22.8 Å². The van der Waals surface area contributed by atoms with Gasteiger partial charge in [-0.05, 0) is 38.0 Å². The van der Waals surface area contributed by atoms with E-state index in [4.69, 9.17) is 4.74 Å². The van der Waals surface area contributed by atoms with Crippen molar-refractivity contribution >= 4 is 27.7 Å². The van der Waals surface area contributed by atoms with Crippen molar-refractivity contribution in [2.45, 2.75) is 30.7 Å². The molecule has 0 unspecified atom stereocenters. The highest BCUT2D eigenvalue weighted by Crippen LogP contribution is 2.14. The van der Waals surface area contributed by atoms with Crippen LogP contribution in [0.15, 0.2) is 47.5 Å². The minimum atomic E-state index is -3.89. The summed E-state index contributed by atoms with van der Waals surface area (Å²) in [6.45, 7) is 2.15. The number of H-pyrrole nitrogens is 1. The molecule has 1 saturated heterocycles. The number of ketones is 1. The number of carbonyl (C=O) groups is 3. The molecule has 3 rings (SSSR count). The van der Waals surface area contributed by atoms with E-state index in [1.807, 2.05) is 0 Å². The summed E-state index contributed by atoms with van der Waals surface area (Å²) in [7, 11) is -3.89. The molecule has 1 aromatic heterocycles. The summed E-state index contributed by atoms with van der Waals surface area (Å²) in [5.41, 5.74) is 0.512. The second-order valence-corrected chi connectivity index (χ2v) is 8.70. The van der Waals surface area contributed by atoms with Gasteiger partial charge in [0.2, 0.25) is 15.8 Å². The van der Waals surface area contributed by atoms with Crippen molar-refractivity contribution in [3.8, 4) is 0 Å². The Kier molecular flexibility index (Phi) is 6.68. The fourth-order valence-electron chi connectivity index (χ4n) is 3.06. The molecule has 0 bridgehead atoms. The SMILES string of the molecule is C[C@H](NS(=O)(=O)c1ccccc1)C(=O)OCC(=O)c1c[nH]c(C(=O)N2CCCC2)c1. The van der Waals surface area contributed by atoms with Gasteiger partial charge < -0.3 is 14.6 Å². The maximum atomic E-state index is 12.3. The molecule has 2 heterocycles. The standard InChI is InChI=1S/C20H23N3O6S/c1-14(22-30(27,28)16-7-3-2-4-8-16)20(26)29-13-18(24)15-11-17(21-12-15)19(25)23-9-5-6-10-23/h2-4,7-8,11-12,14,21-22H,5-6,9-10,13H2,1H3/t14-/m0/s1. The number of aromatic nitrogens is 1. The number of amides is 1. The lowest BCUT2D eigenvalue weighted by Crippen LogP contribution is -2.40. The first-order chi connectivity index (χ1) is 14.3. The molecule has 160 valence electrons. The lowest BCUT2D eigenvalue weighted by Gasteiger charge is -2.13. The van der Waals surface area contributed by atoms with E-state index in [1.165, 1.54) is 31.3 Å². The fourth-order valence-corrected chi connectivity index (χ4v) is 4.28. The number of Topliss-reactive ketones (excluding diaryl/α,β-unsaturated/α-hetero) is 1. The Balaban J connectivity index is 1.53. The van der Waals surface area contributed by atoms with Crippen molar-refractivity contribution in [2.75, 3.05) is 19.7 Å². The maximum absolute atomic E-state index is 12.3. The Bertz CT molecular complexity index is 1030. The molecule has 2 aromatic rings. The first-order valence-electron chi connectivity index (χ1n) is 9.53. The van der Waals surface area contributed by atoms with Gasteiger partial charge in [-0.1, -0.05) is 18.2 Å². The molecule has 1 amide bonds. The first kappa shape index (κ1) is 21.7. The first-order valence-corrected chi connectivity index (χ1v) is 11.0. The smallest absolute Gasteiger partial charge is 0.324 e. The normalized spacial score (nSPS) is 15.0. The van der Waals surface area contributed by atoms with Crippen LogP contribution in [0.5, 0.6) is 0 Å². The molecule has 1 aliphatic heterocycles. The summed E-state index contributed by atoms with van der Waals surface area (Å²) in [5, 5.41) is 0. The van der Waals surface area contributed by atoms with Crippen molar-refractivity contribution in [3.05, 3.63) is 53.9 Å². The minimum Gasteiger partial charge on any atom is -0.456 e. The molecular weight excluding hydrogens is 410 g/mol. The number of likely N-dealkylation sites (tertiary alicyclic amines) is 1. The third kappa shape index (κ3) is 5.14. The largest absolute Gasteiger partial charge is 0.456 e. The van der Waals surface area contributed by atoms with E-state index >= 15 is 0 Å². The topological polar surface area (TPSA) is 126 Å². The van der Waals surface area contributed by atoms with Crippen molar-refractivity contribution in [1.29, 1.82) is 0 Å². The minimum absolute atomic E-state index is 0.0169. The molecule has 0 aliphatic carbocycles. The number of rotatable bonds is 8. The van der Waals surface area contributed by atoms with E-state index in [0.717, 1.165) is 12.8 Å². The highest BCUT2D eigenvalue weighted by molar-refractivity contribution is 7.89. The van der Waals surface area contributed by atoms with E-state index in [1.54, 1.807) is 23.1 Å². The van der Waals surface area contributed by atoms with Gasteiger partial charge in [-0.2, -0.15) is 4.72 Å². The van der Waals surface area contributed by atoms with Crippen LogP contribution in [-0.4, -0.2) is 61.7 Å². The maximum Gasteiger partial charge on any atom is 0.324 e. The lowest BCUT2D eigenvalue weighted by atomic mass is 10.2. The summed E-state index contributed by atoms with van der Waals surface area (Å²) in [6, 6.07) is 7.85. The van der Waals surface area contributed by atoms with Gasteiger partial charge in [-0.15, -0.1) is 0 Å². The van der Waals surface area contributed by atoms with Crippen LogP contribution in [0.3, 0.4) is 0 Å². The highest BCUT2D eigenvalue weighted by Gasteiger charge is 2.25. The summed E-state index contributed by atoms with van der Waals surface area (Å²) in [6.07, 6.45) is 3.31. The van der Waals surface area contributed by atoms with Gasteiger partial charge in [0.1, 0.15) is 11.7 Å². The predicted molar refractivity (Wildman–Crippen MR) is 107 cm³/mol. The van der Waals surface area contributed by atoms with Gasteiger partial charge >= 0.3 is 5.97 Å². The van der Waals surface area contributed by atoms with Gasteiger partial charge in [-0.3, -0.25) is 14.4 Å². The average molecular weight is 433 g/mol. The predicted octanol–water partition coefficient (Wildman–Crippen LogP) is 1.34. The van der Waals surface area contributed by atoms with E-state index < -0.39 is 34.4 Å². The zero-order valence-corrected chi connectivity index (χ0v) is 17.3. The number of hydrogen-bond acceptors (Lipinski definition) is 6. The third-order valence-corrected chi connectivity index (χ3v) is 6.27. The molecule has 1 aromatic carbocycles. The third-order valence-electron chi connectivity index (χ3n) is 4.71. The van der Waals surface area contributed by atoms with Crippen LogP contribution in [0.1, 0.15) is 40.6 Å². The summed E-state index contributed by atoms with van der Waals surface area (Å²) in [5.74, 6) is -1.56. The summed E-state index contributed by atoms with van der Waals surface area (Å²) >= 11 is 0. The summed E-state index contributed by atoms with van der Waals surface area (Å²) < 4.78 is 31.7. The summed E-state index contributed by atoms with van der Waals surface area (Å²) in [4.78, 5) is 41.2. The Morgan fingerprint density at radius 1 is 1.17 bits per heavy atom. The van der Waals surface area contributed by atoms with Crippen LogP contribution >= 0.6 is 0 Å². The van der Waals surface area contributed by atoms with Gasteiger partial charge in [-0.25, -0.2) is 8.42 Å². The number of nitrogens with zero attached hydrogens (tertiary/aromatic N) is 1. The number of carbonyl (C=O) groups excluding carboxylic acids is 3.